The van der Waals surface area contributed by atoms with Gasteiger partial charge < -0.3 is 25.6 Å². The molecule has 0 atom stereocenters. The highest BCUT2D eigenvalue weighted by molar-refractivity contribution is 6.00. The number of ether oxygens (including phenoxy) is 2. The molecule has 0 unspecified atom stereocenters. The average Bonchev–Trinajstić information content (AvgIpc) is 3.22. The molecule has 1 aliphatic rings. The van der Waals surface area contributed by atoms with Gasteiger partial charge in [0, 0.05) is 6.04 Å². The van der Waals surface area contributed by atoms with Crippen molar-refractivity contribution in [3.63, 3.8) is 0 Å². The Morgan fingerprint density at radius 3 is 2.68 bits per heavy atom. The van der Waals surface area contributed by atoms with Gasteiger partial charge in [0.15, 0.2) is 0 Å². The van der Waals surface area contributed by atoms with Crippen LogP contribution >= 0.6 is 0 Å². The van der Waals surface area contributed by atoms with Crippen LogP contribution in [-0.4, -0.2) is 61.1 Å². The molecule has 11 heteroatoms. The third-order valence-corrected chi connectivity index (χ3v) is 5.57. The Labute approximate surface area is 196 Å². The zero-order valence-electron chi connectivity index (χ0n) is 19.1. The van der Waals surface area contributed by atoms with E-state index in [9.17, 15) is 14.7 Å². The van der Waals surface area contributed by atoms with Crippen molar-refractivity contribution in [1.29, 1.82) is 0 Å². The number of fused-ring (bicyclic) bond motifs is 1. The number of hydrogen-bond acceptors (Lipinski definition) is 8. The predicted molar refractivity (Wildman–Crippen MR) is 122 cm³/mol. The number of nitrogens with zero attached hydrogens (tertiary/aromatic N) is 4. The summed E-state index contributed by atoms with van der Waals surface area (Å²) in [5.41, 5.74) is 5.74. The van der Waals surface area contributed by atoms with Gasteiger partial charge in [-0.05, 0) is 57.7 Å². The van der Waals surface area contributed by atoms with E-state index < -0.39 is 11.5 Å². The van der Waals surface area contributed by atoms with Gasteiger partial charge in [-0.2, -0.15) is 10.2 Å². The van der Waals surface area contributed by atoms with Crippen LogP contribution in [0.2, 0.25) is 0 Å². The summed E-state index contributed by atoms with van der Waals surface area (Å²) < 4.78 is 13.0. The first kappa shape index (κ1) is 23.4. The number of nitrogens with one attached hydrogen (secondary N) is 1. The van der Waals surface area contributed by atoms with E-state index in [1.165, 1.54) is 18.5 Å². The Bertz CT molecular complexity index is 1180. The molecule has 3 aromatic heterocycles. The van der Waals surface area contributed by atoms with Crippen LogP contribution in [-0.2, 0) is 0 Å². The molecule has 3 aromatic rings. The maximum atomic E-state index is 12.9. The average molecular weight is 469 g/mol. The first-order valence-electron chi connectivity index (χ1n) is 11.1. The first-order chi connectivity index (χ1) is 16.2. The van der Waals surface area contributed by atoms with Crippen LogP contribution in [0.4, 0.5) is 0 Å². The summed E-state index contributed by atoms with van der Waals surface area (Å²) >= 11 is 0. The maximum Gasteiger partial charge on any atom is 0.255 e. The number of aromatic nitrogens is 4. The Balaban J connectivity index is 1.33. The molecule has 34 heavy (non-hydrogen) atoms. The molecule has 3 heterocycles. The second-order valence-corrected chi connectivity index (χ2v) is 9.03. The number of aliphatic hydroxyl groups is 1. The molecular weight excluding hydrogens is 440 g/mol. The minimum Gasteiger partial charge on any atom is -0.489 e. The van der Waals surface area contributed by atoms with E-state index >= 15 is 0 Å². The molecule has 2 amide bonds. The standard InChI is InChI=1S/C23H28N6O5/c1-23(2,32)13-33-16-7-8-19-18(11-26-29(19)12-16)21(31)27-14-3-5-15(6-4-14)34-22-17(20(24)30)9-10-25-28-22/h7-12,14-15,32H,3-6,13H2,1-2H3,(H2,24,30)(H,27,31). The Kier molecular flexibility index (Phi) is 6.64. The van der Waals surface area contributed by atoms with Crippen molar-refractivity contribution in [2.24, 2.45) is 5.73 Å². The number of carbonyl (C=O) groups is 2. The van der Waals surface area contributed by atoms with Gasteiger partial charge >= 0.3 is 0 Å². The van der Waals surface area contributed by atoms with Crippen LogP contribution in [0.3, 0.4) is 0 Å². The molecule has 180 valence electrons. The Hall–Kier alpha value is -3.73. The van der Waals surface area contributed by atoms with Crippen LogP contribution in [0, 0.1) is 0 Å². The van der Waals surface area contributed by atoms with Crippen LogP contribution in [0.5, 0.6) is 11.6 Å². The molecule has 1 fully saturated rings. The summed E-state index contributed by atoms with van der Waals surface area (Å²) in [6, 6.07) is 4.99. The Morgan fingerprint density at radius 2 is 1.97 bits per heavy atom. The zero-order valence-corrected chi connectivity index (χ0v) is 19.1. The summed E-state index contributed by atoms with van der Waals surface area (Å²) in [5, 5.41) is 24.8. The lowest BCUT2D eigenvalue weighted by Gasteiger charge is -2.29. The van der Waals surface area contributed by atoms with Crippen LogP contribution in [0.1, 0.15) is 60.2 Å². The molecule has 1 saturated carbocycles. The first-order valence-corrected chi connectivity index (χ1v) is 11.1. The van der Waals surface area contributed by atoms with E-state index in [0.717, 1.165) is 12.8 Å². The lowest BCUT2D eigenvalue weighted by molar-refractivity contribution is 0.0283. The molecule has 0 radical (unpaired) electrons. The summed E-state index contributed by atoms with van der Waals surface area (Å²) in [7, 11) is 0. The number of amides is 2. The van der Waals surface area contributed by atoms with Gasteiger partial charge in [-0.1, -0.05) is 0 Å². The number of pyridine rings is 1. The number of nitrogens with two attached hydrogens (primary N) is 1. The van der Waals surface area contributed by atoms with E-state index in [4.69, 9.17) is 15.2 Å². The summed E-state index contributed by atoms with van der Waals surface area (Å²) in [4.78, 5) is 24.4. The monoisotopic (exact) mass is 468 g/mol. The molecule has 4 N–H and O–H groups in total. The summed E-state index contributed by atoms with van der Waals surface area (Å²) in [6.45, 7) is 3.46. The minimum atomic E-state index is -0.952. The van der Waals surface area contributed by atoms with Gasteiger partial charge in [-0.15, -0.1) is 5.10 Å². The van der Waals surface area contributed by atoms with Crippen molar-refractivity contribution in [3.8, 4) is 11.6 Å². The van der Waals surface area contributed by atoms with Crippen molar-refractivity contribution in [1.82, 2.24) is 25.1 Å². The highest BCUT2D eigenvalue weighted by atomic mass is 16.5. The van der Waals surface area contributed by atoms with Gasteiger partial charge in [0.25, 0.3) is 11.8 Å². The molecule has 0 saturated heterocycles. The number of carbonyl (C=O) groups excluding carboxylic acids is 2. The topological polar surface area (TPSA) is 154 Å². The SMILES string of the molecule is CC(C)(O)COc1ccc2c(C(=O)NC3CCC(Oc4nnccc4C(N)=O)CC3)cnn2c1. The number of rotatable bonds is 8. The number of hydrogen-bond donors (Lipinski definition) is 3. The predicted octanol–water partition coefficient (Wildman–Crippen LogP) is 1.49. The quantitative estimate of drug-likeness (QED) is 0.449. The third kappa shape index (κ3) is 5.60. The van der Waals surface area contributed by atoms with E-state index in [1.807, 2.05) is 0 Å². The molecule has 0 aliphatic heterocycles. The molecule has 0 bridgehead atoms. The van der Waals surface area contributed by atoms with Crippen molar-refractivity contribution in [2.45, 2.75) is 57.3 Å². The smallest absolute Gasteiger partial charge is 0.255 e. The van der Waals surface area contributed by atoms with E-state index in [1.54, 1.807) is 36.7 Å². The zero-order chi connectivity index (χ0) is 24.3. The van der Waals surface area contributed by atoms with E-state index in [0.29, 0.717) is 29.7 Å². The number of primary amides is 1. The second kappa shape index (κ2) is 9.64. The van der Waals surface area contributed by atoms with Crippen molar-refractivity contribution in [2.75, 3.05) is 6.61 Å². The molecule has 1 aliphatic carbocycles. The van der Waals surface area contributed by atoms with E-state index in [-0.39, 0.29) is 36.1 Å². The molecule has 0 aromatic carbocycles. The van der Waals surface area contributed by atoms with Crippen LogP contribution in [0.15, 0.2) is 36.8 Å². The fourth-order valence-electron chi connectivity index (χ4n) is 3.83. The van der Waals surface area contributed by atoms with Gasteiger partial charge in [-0.3, -0.25) is 9.59 Å². The fraction of sp³-hybridized carbons (Fsp3) is 0.435. The molecule has 4 rings (SSSR count). The van der Waals surface area contributed by atoms with Crippen LogP contribution < -0.4 is 20.5 Å². The van der Waals surface area contributed by atoms with Gasteiger partial charge in [0.05, 0.1) is 35.3 Å². The van der Waals surface area contributed by atoms with Gasteiger partial charge in [-0.25, -0.2) is 4.52 Å². The lowest BCUT2D eigenvalue weighted by atomic mass is 9.92. The summed E-state index contributed by atoms with van der Waals surface area (Å²) in [5.74, 6) is -0.130. The highest BCUT2D eigenvalue weighted by Crippen LogP contribution is 2.25. The normalized spacial score (nSPS) is 18.4. The summed E-state index contributed by atoms with van der Waals surface area (Å²) in [6.07, 6.45) is 7.28. The molecule has 11 nitrogen and oxygen atoms in total. The van der Waals surface area contributed by atoms with Crippen molar-refractivity contribution < 1.29 is 24.2 Å². The molecular formula is C23H28N6O5. The maximum absolute atomic E-state index is 12.9. The minimum absolute atomic E-state index is 0.00541. The third-order valence-electron chi connectivity index (χ3n) is 5.57. The lowest BCUT2D eigenvalue weighted by Crippen LogP contribution is -2.39. The van der Waals surface area contributed by atoms with Crippen molar-refractivity contribution in [3.05, 3.63) is 47.9 Å². The van der Waals surface area contributed by atoms with Crippen molar-refractivity contribution >= 4 is 17.3 Å². The largest absolute Gasteiger partial charge is 0.489 e. The Morgan fingerprint density at radius 1 is 1.21 bits per heavy atom. The van der Waals surface area contributed by atoms with Gasteiger partial charge in [0.2, 0.25) is 5.88 Å². The molecule has 0 spiro atoms. The van der Waals surface area contributed by atoms with Crippen LogP contribution in [0.25, 0.3) is 5.52 Å². The van der Waals surface area contributed by atoms with Gasteiger partial charge in [0.1, 0.15) is 24.0 Å². The van der Waals surface area contributed by atoms with E-state index in [2.05, 4.69) is 20.6 Å². The highest BCUT2D eigenvalue weighted by Gasteiger charge is 2.26. The fourth-order valence-corrected chi connectivity index (χ4v) is 3.83. The second-order valence-electron chi connectivity index (χ2n) is 9.03.